The van der Waals surface area contributed by atoms with Crippen LogP contribution in [0.4, 0.5) is 0 Å². The minimum atomic E-state index is -0.169. The summed E-state index contributed by atoms with van der Waals surface area (Å²) in [7, 11) is 1.73. The Labute approximate surface area is 166 Å². The van der Waals surface area contributed by atoms with Gasteiger partial charge in [0, 0.05) is 39.8 Å². The molecule has 1 N–H and O–H groups in total. The fourth-order valence-corrected chi connectivity index (χ4v) is 3.20. The maximum absolute atomic E-state index is 12.5. The number of pyridine rings is 1. The number of nitrogens with zero attached hydrogens (tertiary/aromatic N) is 1. The Morgan fingerprint density at radius 1 is 1.13 bits per heavy atom. The van der Waals surface area contributed by atoms with Crippen molar-refractivity contribution < 1.29 is 37.8 Å². The van der Waals surface area contributed by atoms with Gasteiger partial charge in [0.2, 0.25) is 0 Å². The average Bonchev–Trinajstić information content (AvgIpc) is 2.99. The zero-order chi connectivity index (χ0) is 15.6. The normalized spacial score (nSPS) is 9.39. The first kappa shape index (κ1) is 22.0. The van der Waals surface area contributed by atoms with Crippen molar-refractivity contribution in [3.05, 3.63) is 59.1 Å². The fraction of sp³-hybridized carbons (Fsp3) is 0.222. The van der Waals surface area contributed by atoms with Crippen molar-refractivity contribution in [3.63, 3.8) is 0 Å². The van der Waals surface area contributed by atoms with Crippen LogP contribution in [-0.2, 0) is 39.8 Å². The van der Waals surface area contributed by atoms with Crippen LogP contribution in [0.25, 0.3) is 21.3 Å². The summed E-state index contributed by atoms with van der Waals surface area (Å²) in [5.41, 5.74) is 2.75. The van der Waals surface area contributed by atoms with E-state index in [9.17, 15) is 9.90 Å². The third-order valence-corrected chi connectivity index (χ3v) is 4.30. The van der Waals surface area contributed by atoms with Crippen LogP contribution in [0.15, 0.2) is 40.5 Å². The summed E-state index contributed by atoms with van der Waals surface area (Å²) < 4.78 is 2.34. The predicted molar refractivity (Wildman–Crippen MR) is 96.7 cm³/mol. The second kappa shape index (κ2) is 9.36. The Kier molecular flexibility index (Phi) is 8.97. The van der Waals surface area contributed by atoms with Crippen molar-refractivity contribution in [2.24, 2.45) is 7.05 Å². The number of aromatic hydroxyl groups is 1. The second-order valence-corrected chi connectivity index (χ2v) is 5.45. The molecule has 0 saturated carbocycles. The minimum absolute atomic E-state index is 0. The molecule has 0 unspecified atom stereocenters. The topological polar surface area (TPSA) is 42.2 Å². The van der Waals surface area contributed by atoms with Crippen LogP contribution in [0.3, 0.4) is 0 Å². The van der Waals surface area contributed by atoms with Gasteiger partial charge in [0.15, 0.2) is 0 Å². The first-order chi connectivity index (χ1) is 10.1. The smallest absolute Gasteiger partial charge is 0.262 e. The molecular weight excluding hydrogens is 383 g/mol. The fourth-order valence-electron chi connectivity index (χ4n) is 2.33. The molecule has 5 heteroatoms. The van der Waals surface area contributed by atoms with Crippen molar-refractivity contribution in [2.45, 2.75) is 20.8 Å². The van der Waals surface area contributed by atoms with E-state index in [1.165, 1.54) is 11.3 Å². The number of thiophene rings is 1. The molecule has 0 aliphatic rings. The third-order valence-electron chi connectivity index (χ3n) is 3.39. The summed E-state index contributed by atoms with van der Waals surface area (Å²) in [6.45, 7) is 5.94. The molecule has 1 aromatic carbocycles. The van der Waals surface area contributed by atoms with Gasteiger partial charge in [0.25, 0.3) is 5.56 Å². The molecule has 2 heterocycles. The van der Waals surface area contributed by atoms with Crippen molar-refractivity contribution >= 4 is 21.6 Å². The van der Waals surface area contributed by atoms with Gasteiger partial charge >= 0.3 is 0 Å². The molecule has 0 amide bonds. The van der Waals surface area contributed by atoms with E-state index in [2.05, 4.69) is 0 Å². The van der Waals surface area contributed by atoms with E-state index in [0.717, 1.165) is 21.3 Å². The van der Waals surface area contributed by atoms with Gasteiger partial charge in [-0.15, -0.1) is 11.3 Å². The van der Waals surface area contributed by atoms with Crippen LogP contribution in [0.2, 0.25) is 0 Å². The van der Waals surface area contributed by atoms with Crippen molar-refractivity contribution in [3.8, 4) is 16.9 Å². The van der Waals surface area contributed by atoms with Crippen molar-refractivity contribution in [1.82, 2.24) is 4.57 Å². The molecule has 0 aliphatic carbocycles. The molecule has 3 aromatic rings. The summed E-state index contributed by atoms with van der Waals surface area (Å²) in [5, 5.41) is 12.3. The number of aromatic nitrogens is 1. The monoisotopic (exact) mass is 405 g/mol. The molecule has 121 valence electrons. The molecular formula is C18H22NO2SY-. The Balaban J connectivity index is 0.00000117. The van der Waals surface area contributed by atoms with Gasteiger partial charge < -0.3 is 17.1 Å². The van der Waals surface area contributed by atoms with Crippen LogP contribution in [0.1, 0.15) is 19.4 Å². The quantitative estimate of drug-likeness (QED) is 0.594. The predicted octanol–water partition coefficient (Wildman–Crippen LogP) is 4.76. The van der Waals surface area contributed by atoms with Gasteiger partial charge in [-0.2, -0.15) is 0 Å². The maximum atomic E-state index is 12.5. The van der Waals surface area contributed by atoms with Crippen LogP contribution >= 0.6 is 11.3 Å². The molecule has 3 nitrogen and oxygen atoms in total. The Morgan fingerprint density at radius 3 is 2.35 bits per heavy atom. The minimum Gasteiger partial charge on any atom is -0.506 e. The van der Waals surface area contributed by atoms with Gasteiger partial charge in [0.1, 0.15) is 5.75 Å². The van der Waals surface area contributed by atoms with Crippen LogP contribution < -0.4 is 5.56 Å². The van der Waals surface area contributed by atoms with E-state index in [1.807, 2.05) is 56.5 Å². The van der Waals surface area contributed by atoms with E-state index < -0.39 is 0 Å². The van der Waals surface area contributed by atoms with Gasteiger partial charge in [-0.3, -0.25) is 4.79 Å². The SMILES string of the molecule is CC.Cc1ccccc1-c1c(O)c2sccc2n(C)c1=O.[CH3-].[Y]. The molecule has 0 fully saturated rings. The van der Waals surface area contributed by atoms with Gasteiger partial charge in [-0.05, 0) is 29.5 Å². The molecule has 1 radical (unpaired) electrons. The molecule has 3 rings (SSSR count). The van der Waals surface area contributed by atoms with E-state index in [1.54, 1.807) is 11.6 Å². The Hall–Kier alpha value is -0.966. The maximum Gasteiger partial charge on any atom is 0.262 e. The van der Waals surface area contributed by atoms with Crippen molar-refractivity contribution in [1.29, 1.82) is 0 Å². The summed E-state index contributed by atoms with van der Waals surface area (Å²) in [4.78, 5) is 12.5. The van der Waals surface area contributed by atoms with E-state index in [0.29, 0.717) is 5.56 Å². The standard InChI is InChI=1S/C15H13NO2S.C2H6.CH3.Y/c1-9-5-3-4-6-10(9)12-13(17)14-11(7-8-19-14)16(2)15(12)18;1-2;;/h3-8,17H,1-2H3;1-2H3;1H3;/q;;-1;. The molecule has 0 saturated heterocycles. The van der Waals surface area contributed by atoms with Gasteiger partial charge in [-0.1, -0.05) is 38.1 Å². The molecule has 2 aromatic heterocycles. The Morgan fingerprint density at radius 2 is 1.74 bits per heavy atom. The molecule has 23 heavy (non-hydrogen) atoms. The molecule has 0 atom stereocenters. The van der Waals surface area contributed by atoms with Crippen LogP contribution in [0.5, 0.6) is 5.75 Å². The van der Waals surface area contributed by atoms with Gasteiger partial charge in [-0.25, -0.2) is 0 Å². The number of fused-ring (bicyclic) bond motifs is 1. The summed E-state index contributed by atoms with van der Waals surface area (Å²) in [5.74, 6) is 0.0856. The van der Waals surface area contributed by atoms with E-state index in [4.69, 9.17) is 0 Å². The second-order valence-electron chi connectivity index (χ2n) is 4.54. The van der Waals surface area contributed by atoms with Crippen LogP contribution in [0, 0.1) is 14.4 Å². The summed E-state index contributed by atoms with van der Waals surface area (Å²) >= 11 is 1.44. The Bertz CT molecular complexity index is 837. The molecule has 0 spiro atoms. The third kappa shape index (κ3) is 3.93. The number of hydrogen-bond donors (Lipinski definition) is 1. The number of hydrogen-bond acceptors (Lipinski definition) is 3. The average molecular weight is 405 g/mol. The molecule has 0 aliphatic heterocycles. The number of aryl methyl sites for hydroxylation is 2. The zero-order valence-corrected chi connectivity index (χ0v) is 17.9. The van der Waals surface area contributed by atoms with Crippen molar-refractivity contribution in [2.75, 3.05) is 0 Å². The first-order valence-corrected chi connectivity index (χ1v) is 7.84. The first-order valence-electron chi connectivity index (χ1n) is 6.96. The number of benzene rings is 1. The summed E-state index contributed by atoms with van der Waals surface area (Å²) in [6, 6.07) is 9.45. The van der Waals surface area contributed by atoms with Crippen LogP contribution in [-0.4, -0.2) is 9.67 Å². The molecule has 0 bridgehead atoms. The largest absolute Gasteiger partial charge is 0.506 e. The summed E-state index contributed by atoms with van der Waals surface area (Å²) in [6.07, 6.45) is 0. The number of rotatable bonds is 1. The zero-order valence-electron chi connectivity index (χ0n) is 14.3. The van der Waals surface area contributed by atoms with Gasteiger partial charge in [0.05, 0.1) is 15.8 Å². The van der Waals surface area contributed by atoms with E-state index in [-0.39, 0.29) is 51.4 Å². The van der Waals surface area contributed by atoms with E-state index >= 15 is 0 Å².